The summed E-state index contributed by atoms with van der Waals surface area (Å²) in [6.07, 6.45) is 1.58. The summed E-state index contributed by atoms with van der Waals surface area (Å²) in [5, 5.41) is 0. The number of amides is 1. The van der Waals surface area contributed by atoms with Crippen molar-refractivity contribution in [2.24, 2.45) is 0 Å². The van der Waals surface area contributed by atoms with E-state index in [0.29, 0.717) is 22.5 Å². The Hall–Kier alpha value is -4.14. The molecule has 1 aliphatic rings. The number of ketones is 1. The molecular formula is C22H18N2O7. The smallest absolute Gasteiger partial charge is 0.420 e. The monoisotopic (exact) mass is 422 g/mol. The Balaban J connectivity index is 1.66. The summed E-state index contributed by atoms with van der Waals surface area (Å²) in [5.74, 6) is -1.41. The van der Waals surface area contributed by atoms with Gasteiger partial charge in [0.2, 0.25) is 0 Å². The lowest BCUT2D eigenvalue weighted by molar-refractivity contribution is -0.121. The molecule has 0 atom stereocenters. The molecule has 1 aromatic heterocycles. The van der Waals surface area contributed by atoms with E-state index in [-0.39, 0.29) is 42.5 Å². The zero-order valence-corrected chi connectivity index (χ0v) is 16.6. The van der Waals surface area contributed by atoms with Gasteiger partial charge in [0.25, 0.3) is 5.91 Å². The first-order chi connectivity index (χ1) is 14.9. The van der Waals surface area contributed by atoms with Gasteiger partial charge in [-0.3, -0.25) is 14.2 Å². The molecule has 0 saturated carbocycles. The summed E-state index contributed by atoms with van der Waals surface area (Å²) in [4.78, 5) is 50.5. The molecule has 9 nitrogen and oxygen atoms in total. The molecule has 0 aliphatic carbocycles. The van der Waals surface area contributed by atoms with E-state index >= 15 is 0 Å². The first kappa shape index (κ1) is 20.1. The highest BCUT2D eigenvalue weighted by molar-refractivity contribution is 6.02. The lowest BCUT2D eigenvalue weighted by Crippen LogP contribution is -2.39. The van der Waals surface area contributed by atoms with Crippen molar-refractivity contribution in [3.05, 3.63) is 70.7 Å². The molecule has 4 rings (SSSR count). The van der Waals surface area contributed by atoms with Crippen molar-refractivity contribution in [1.29, 1.82) is 0 Å². The van der Waals surface area contributed by atoms with Crippen LogP contribution in [0.3, 0.4) is 0 Å². The molecule has 0 fully saturated rings. The van der Waals surface area contributed by atoms with E-state index < -0.39 is 11.7 Å². The van der Waals surface area contributed by atoms with Crippen LogP contribution in [-0.4, -0.2) is 42.5 Å². The minimum Gasteiger partial charge on any atom is -0.482 e. The van der Waals surface area contributed by atoms with Crippen molar-refractivity contribution < 1.29 is 28.3 Å². The molecule has 1 amide bonds. The lowest BCUT2D eigenvalue weighted by atomic mass is 10.1. The fourth-order valence-electron chi connectivity index (χ4n) is 3.40. The van der Waals surface area contributed by atoms with E-state index in [1.54, 1.807) is 24.3 Å². The van der Waals surface area contributed by atoms with Crippen LogP contribution < -0.4 is 15.4 Å². The molecule has 1 aliphatic heterocycles. The minimum atomic E-state index is -0.727. The fraction of sp³-hybridized carbons (Fsp3) is 0.182. The second kappa shape index (κ2) is 7.94. The quantitative estimate of drug-likeness (QED) is 0.340. The number of fused-ring (bicyclic) bond motifs is 2. The Kier molecular flexibility index (Phi) is 5.16. The second-order valence-corrected chi connectivity index (χ2v) is 6.82. The third-order valence-corrected chi connectivity index (χ3v) is 4.93. The topological polar surface area (TPSA) is 108 Å². The summed E-state index contributed by atoms with van der Waals surface area (Å²) >= 11 is 0. The van der Waals surface area contributed by atoms with Crippen LogP contribution in [0.25, 0.3) is 11.1 Å². The van der Waals surface area contributed by atoms with Crippen LogP contribution in [0.4, 0.5) is 5.69 Å². The normalized spacial score (nSPS) is 12.9. The number of esters is 1. The summed E-state index contributed by atoms with van der Waals surface area (Å²) in [6.45, 7) is 3.57. The largest absolute Gasteiger partial charge is 0.482 e. The lowest BCUT2D eigenvalue weighted by Gasteiger charge is -2.28. The van der Waals surface area contributed by atoms with Gasteiger partial charge in [-0.1, -0.05) is 6.08 Å². The van der Waals surface area contributed by atoms with Crippen molar-refractivity contribution in [3.63, 3.8) is 0 Å². The zero-order chi connectivity index (χ0) is 22.1. The number of ether oxygens (including phenoxy) is 2. The van der Waals surface area contributed by atoms with Gasteiger partial charge in [0.1, 0.15) is 5.75 Å². The third kappa shape index (κ3) is 3.61. The number of oxazole rings is 1. The summed E-state index contributed by atoms with van der Waals surface area (Å²) < 4.78 is 16.5. The van der Waals surface area contributed by atoms with E-state index in [9.17, 15) is 19.2 Å². The predicted octanol–water partition coefficient (Wildman–Crippen LogP) is 2.18. The van der Waals surface area contributed by atoms with Crippen LogP contribution in [0.2, 0.25) is 0 Å². The highest BCUT2D eigenvalue weighted by Crippen LogP contribution is 2.33. The van der Waals surface area contributed by atoms with Gasteiger partial charge in [-0.25, -0.2) is 9.59 Å². The maximum atomic E-state index is 12.9. The third-order valence-electron chi connectivity index (χ3n) is 4.93. The molecule has 3 aromatic rings. The van der Waals surface area contributed by atoms with Crippen molar-refractivity contribution >= 4 is 34.4 Å². The van der Waals surface area contributed by atoms with Crippen molar-refractivity contribution in [2.45, 2.75) is 6.54 Å². The van der Waals surface area contributed by atoms with E-state index in [4.69, 9.17) is 9.15 Å². The highest BCUT2D eigenvalue weighted by atomic mass is 16.5. The average Bonchev–Trinajstić information content (AvgIpc) is 3.09. The fourth-order valence-corrected chi connectivity index (χ4v) is 3.40. The molecule has 0 saturated heterocycles. The molecule has 2 aromatic carbocycles. The maximum absolute atomic E-state index is 12.9. The van der Waals surface area contributed by atoms with Crippen LogP contribution in [-0.2, 0) is 16.1 Å². The SMILES string of the molecule is C=CCN1C(=O)COc2ccc(C(=O)Cn3c(=O)oc4cc(C(=O)OC)ccc43)cc21. The molecule has 9 heteroatoms. The van der Waals surface area contributed by atoms with Gasteiger partial charge in [-0.15, -0.1) is 6.58 Å². The van der Waals surface area contributed by atoms with Gasteiger partial charge in [0.05, 0.1) is 30.4 Å². The van der Waals surface area contributed by atoms with Gasteiger partial charge in [0, 0.05) is 12.1 Å². The van der Waals surface area contributed by atoms with Crippen molar-refractivity contribution in [2.75, 3.05) is 25.2 Å². The van der Waals surface area contributed by atoms with E-state index in [1.807, 2.05) is 0 Å². The van der Waals surface area contributed by atoms with Crippen molar-refractivity contribution in [1.82, 2.24) is 4.57 Å². The number of aromatic nitrogens is 1. The van der Waals surface area contributed by atoms with E-state index in [1.165, 1.54) is 34.8 Å². The number of carbonyl (C=O) groups excluding carboxylic acids is 3. The molecule has 0 spiro atoms. The van der Waals surface area contributed by atoms with Gasteiger partial charge in [-0.2, -0.15) is 0 Å². The molecule has 2 heterocycles. The first-order valence-electron chi connectivity index (χ1n) is 9.36. The number of hydrogen-bond acceptors (Lipinski definition) is 7. The summed E-state index contributed by atoms with van der Waals surface area (Å²) in [7, 11) is 1.25. The number of hydrogen-bond donors (Lipinski definition) is 0. The average molecular weight is 422 g/mol. The number of methoxy groups -OCH3 is 1. The van der Waals surface area contributed by atoms with Gasteiger partial charge < -0.3 is 18.8 Å². The Morgan fingerprint density at radius 2 is 1.94 bits per heavy atom. The number of Topliss-reactive ketones (excluding diaryl/α,β-unsaturated/α-hetero) is 1. The Labute approximate surface area is 176 Å². The van der Waals surface area contributed by atoms with E-state index in [0.717, 1.165) is 0 Å². The molecule has 0 bridgehead atoms. The van der Waals surface area contributed by atoms with Crippen LogP contribution in [0.5, 0.6) is 5.75 Å². The Bertz CT molecular complexity index is 1280. The predicted molar refractivity (Wildman–Crippen MR) is 111 cm³/mol. The van der Waals surface area contributed by atoms with Crippen LogP contribution >= 0.6 is 0 Å². The van der Waals surface area contributed by atoms with Gasteiger partial charge >= 0.3 is 11.7 Å². The molecule has 0 N–H and O–H groups in total. The van der Waals surface area contributed by atoms with Crippen LogP contribution in [0.15, 0.2) is 58.3 Å². The van der Waals surface area contributed by atoms with E-state index in [2.05, 4.69) is 11.3 Å². The maximum Gasteiger partial charge on any atom is 0.420 e. The first-order valence-corrected chi connectivity index (χ1v) is 9.36. The minimum absolute atomic E-state index is 0.0852. The van der Waals surface area contributed by atoms with Crippen LogP contribution in [0, 0.1) is 0 Å². The number of rotatable bonds is 6. The second-order valence-electron chi connectivity index (χ2n) is 6.82. The number of nitrogens with zero attached hydrogens (tertiary/aromatic N) is 2. The Morgan fingerprint density at radius 1 is 1.16 bits per heavy atom. The van der Waals surface area contributed by atoms with Gasteiger partial charge in [0.15, 0.2) is 18.0 Å². The molecule has 31 heavy (non-hydrogen) atoms. The van der Waals surface area contributed by atoms with Gasteiger partial charge in [-0.05, 0) is 36.4 Å². The summed E-state index contributed by atoms with van der Waals surface area (Å²) in [6, 6.07) is 9.14. The standard InChI is InChI=1S/C22H18N2O7/c1-3-8-23-16-9-13(5-7-18(16)30-12-20(23)26)17(25)11-24-15-6-4-14(21(27)29-2)10-19(15)31-22(24)28/h3-7,9-10H,1,8,11-12H2,2H3. The van der Waals surface area contributed by atoms with Crippen LogP contribution in [0.1, 0.15) is 20.7 Å². The molecule has 0 radical (unpaired) electrons. The van der Waals surface area contributed by atoms with Crippen molar-refractivity contribution in [3.8, 4) is 5.75 Å². The number of carbonyl (C=O) groups is 3. The number of benzene rings is 2. The Morgan fingerprint density at radius 3 is 2.68 bits per heavy atom. The molecule has 0 unspecified atom stereocenters. The highest BCUT2D eigenvalue weighted by Gasteiger charge is 2.26. The number of anilines is 1. The zero-order valence-electron chi connectivity index (χ0n) is 16.6. The molecule has 158 valence electrons. The summed E-state index contributed by atoms with van der Waals surface area (Å²) in [5.41, 5.74) is 1.54. The molecular weight excluding hydrogens is 404 g/mol.